The molecule has 3 rings (SSSR count). The number of hydrogen-bond donors (Lipinski definition) is 2. The van der Waals surface area contributed by atoms with E-state index in [1.165, 1.54) is 79.0 Å². The van der Waals surface area contributed by atoms with Crippen molar-refractivity contribution >= 4 is 29.4 Å². The van der Waals surface area contributed by atoms with Crippen molar-refractivity contribution in [2.45, 2.75) is 0 Å². The van der Waals surface area contributed by atoms with Crippen molar-refractivity contribution in [1.82, 2.24) is 5.43 Å². The van der Waals surface area contributed by atoms with E-state index >= 15 is 0 Å². The summed E-state index contributed by atoms with van der Waals surface area (Å²) in [5, 5.41) is 17.2. The van der Waals surface area contributed by atoms with Crippen molar-refractivity contribution in [3.63, 3.8) is 0 Å². The van der Waals surface area contributed by atoms with Gasteiger partial charge in [0, 0.05) is 28.9 Å². The smallest absolute Gasteiger partial charge is 0.271 e. The number of halogens is 1. The maximum absolute atomic E-state index is 12.8. The van der Waals surface area contributed by atoms with E-state index in [9.17, 15) is 24.1 Å². The average Bonchev–Trinajstić information content (AvgIpc) is 2.75. The number of carbonyl (C=O) groups is 2. The fraction of sp³-hybridized carbons (Fsp3) is 0. The summed E-state index contributed by atoms with van der Waals surface area (Å²) < 4.78 is 12.8. The van der Waals surface area contributed by atoms with Gasteiger partial charge < -0.3 is 5.32 Å². The molecule has 0 aliphatic heterocycles. The lowest BCUT2D eigenvalue weighted by molar-refractivity contribution is -0.384. The zero-order chi connectivity index (χ0) is 21.5. The first-order valence-electron chi connectivity index (χ1n) is 8.67. The summed E-state index contributed by atoms with van der Waals surface area (Å²) in [4.78, 5) is 34.6. The zero-order valence-corrected chi connectivity index (χ0v) is 15.4. The van der Waals surface area contributed by atoms with Crippen LogP contribution in [0.4, 0.5) is 15.8 Å². The van der Waals surface area contributed by atoms with Gasteiger partial charge in [0.05, 0.1) is 11.1 Å². The average molecular weight is 406 g/mol. The van der Waals surface area contributed by atoms with E-state index in [4.69, 9.17) is 0 Å². The van der Waals surface area contributed by atoms with Crippen LogP contribution < -0.4 is 10.7 Å². The van der Waals surface area contributed by atoms with E-state index in [1.807, 2.05) is 0 Å². The van der Waals surface area contributed by atoms with Crippen molar-refractivity contribution < 1.29 is 18.9 Å². The minimum Gasteiger partial charge on any atom is -0.322 e. The third-order valence-corrected chi connectivity index (χ3v) is 3.97. The topological polar surface area (TPSA) is 114 Å². The summed E-state index contributed by atoms with van der Waals surface area (Å²) in [5.41, 5.74) is 3.65. The lowest BCUT2D eigenvalue weighted by atomic mass is 10.1. The molecule has 150 valence electrons. The van der Waals surface area contributed by atoms with Crippen LogP contribution >= 0.6 is 0 Å². The molecule has 0 saturated carbocycles. The number of nitro benzene ring substituents is 1. The predicted molar refractivity (Wildman–Crippen MR) is 109 cm³/mol. The Bertz CT molecular complexity index is 1110. The number of hydrogen-bond acceptors (Lipinski definition) is 5. The van der Waals surface area contributed by atoms with Gasteiger partial charge in [-0.05, 0) is 48.0 Å². The number of rotatable bonds is 6. The van der Waals surface area contributed by atoms with Gasteiger partial charge in [-0.1, -0.05) is 18.2 Å². The summed E-state index contributed by atoms with van der Waals surface area (Å²) in [6, 6.07) is 17.0. The van der Waals surface area contributed by atoms with Crippen LogP contribution in [0.3, 0.4) is 0 Å². The number of nitro groups is 1. The molecule has 0 bridgehead atoms. The van der Waals surface area contributed by atoms with Crippen LogP contribution in [0.25, 0.3) is 0 Å². The van der Waals surface area contributed by atoms with Crippen LogP contribution in [0.15, 0.2) is 77.9 Å². The summed E-state index contributed by atoms with van der Waals surface area (Å²) in [5.74, 6) is -1.35. The second-order valence-corrected chi connectivity index (χ2v) is 6.09. The van der Waals surface area contributed by atoms with E-state index in [1.54, 1.807) is 0 Å². The highest BCUT2D eigenvalue weighted by atomic mass is 19.1. The number of nitrogens with zero attached hydrogens (tertiary/aromatic N) is 2. The Morgan fingerprint density at radius 2 is 1.63 bits per heavy atom. The highest BCUT2D eigenvalue weighted by molar-refractivity contribution is 6.05. The molecule has 0 aliphatic rings. The molecule has 3 aromatic rings. The number of benzene rings is 3. The zero-order valence-electron chi connectivity index (χ0n) is 15.4. The van der Waals surface area contributed by atoms with Crippen LogP contribution in [0.5, 0.6) is 0 Å². The largest absolute Gasteiger partial charge is 0.322 e. The quantitative estimate of drug-likeness (QED) is 0.369. The third-order valence-electron chi connectivity index (χ3n) is 3.97. The summed E-state index contributed by atoms with van der Waals surface area (Å²) >= 11 is 0. The maximum Gasteiger partial charge on any atom is 0.271 e. The van der Waals surface area contributed by atoms with Gasteiger partial charge in [0.2, 0.25) is 0 Å². The van der Waals surface area contributed by atoms with Gasteiger partial charge in [-0.3, -0.25) is 19.7 Å². The minimum atomic E-state index is -0.581. The van der Waals surface area contributed by atoms with Crippen LogP contribution in [0, 0.1) is 15.9 Å². The van der Waals surface area contributed by atoms with Crippen molar-refractivity contribution in [3.8, 4) is 0 Å². The molecule has 0 fully saturated rings. The number of non-ortho nitro benzene ring substituents is 1. The number of amides is 2. The highest BCUT2D eigenvalue weighted by Crippen LogP contribution is 2.16. The van der Waals surface area contributed by atoms with Crippen molar-refractivity contribution in [2.75, 3.05) is 5.32 Å². The first-order chi connectivity index (χ1) is 14.4. The molecule has 0 aromatic heterocycles. The fourth-order valence-corrected chi connectivity index (χ4v) is 2.45. The number of anilines is 1. The highest BCUT2D eigenvalue weighted by Gasteiger charge is 2.12. The van der Waals surface area contributed by atoms with Gasteiger partial charge in [-0.2, -0.15) is 5.10 Å². The van der Waals surface area contributed by atoms with Gasteiger partial charge in [0.1, 0.15) is 5.82 Å². The molecule has 9 heteroatoms. The molecule has 0 atom stereocenters. The molecule has 0 radical (unpaired) electrons. The number of hydrazone groups is 1. The molecule has 0 saturated heterocycles. The lowest BCUT2D eigenvalue weighted by Crippen LogP contribution is -2.18. The number of nitrogens with one attached hydrogen (secondary N) is 2. The van der Waals surface area contributed by atoms with E-state index < -0.39 is 16.7 Å². The Labute approximate surface area is 170 Å². The Morgan fingerprint density at radius 1 is 0.933 bits per heavy atom. The van der Waals surface area contributed by atoms with Gasteiger partial charge in [0.15, 0.2) is 0 Å². The van der Waals surface area contributed by atoms with Gasteiger partial charge in [0.25, 0.3) is 17.5 Å². The minimum absolute atomic E-state index is 0.140. The van der Waals surface area contributed by atoms with Crippen molar-refractivity contribution in [2.24, 2.45) is 5.10 Å². The van der Waals surface area contributed by atoms with E-state index in [0.29, 0.717) is 16.8 Å². The molecule has 8 nitrogen and oxygen atoms in total. The molecular formula is C21H15FN4O4. The summed E-state index contributed by atoms with van der Waals surface area (Å²) in [6.07, 6.45) is 1.38. The second-order valence-electron chi connectivity index (χ2n) is 6.09. The molecule has 0 heterocycles. The molecule has 0 aliphatic carbocycles. The molecular weight excluding hydrogens is 391 g/mol. The third kappa shape index (κ3) is 5.32. The Hall–Kier alpha value is -4.40. The van der Waals surface area contributed by atoms with Crippen LogP contribution in [-0.2, 0) is 0 Å². The van der Waals surface area contributed by atoms with Crippen molar-refractivity contribution in [1.29, 1.82) is 0 Å². The van der Waals surface area contributed by atoms with Gasteiger partial charge in [-0.15, -0.1) is 0 Å². The molecule has 0 spiro atoms. The summed E-state index contributed by atoms with van der Waals surface area (Å²) in [7, 11) is 0. The molecule has 3 aromatic carbocycles. The van der Waals surface area contributed by atoms with Crippen LogP contribution in [0.2, 0.25) is 0 Å². The van der Waals surface area contributed by atoms with Gasteiger partial charge in [-0.25, -0.2) is 9.82 Å². The fourth-order valence-electron chi connectivity index (χ4n) is 2.45. The molecule has 2 amide bonds. The van der Waals surface area contributed by atoms with Crippen molar-refractivity contribution in [3.05, 3.63) is 105 Å². The Morgan fingerprint density at radius 3 is 2.30 bits per heavy atom. The predicted octanol–water partition coefficient (Wildman–Crippen LogP) is 3.75. The first kappa shape index (κ1) is 20.3. The van der Waals surface area contributed by atoms with E-state index in [-0.39, 0.29) is 17.1 Å². The molecule has 30 heavy (non-hydrogen) atoms. The number of carbonyl (C=O) groups excluding carboxylic acids is 2. The first-order valence-corrected chi connectivity index (χ1v) is 8.67. The van der Waals surface area contributed by atoms with E-state index in [2.05, 4.69) is 15.8 Å². The van der Waals surface area contributed by atoms with Gasteiger partial charge >= 0.3 is 0 Å². The molecule has 0 unspecified atom stereocenters. The standard InChI is InChI=1S/C21H15FN4O4/c22-17-8-4-14(5-9-17)13-23-25-21(28)15-6-10-18(11-7-15)24-20(27)16-2-1-3-19(12-16)26(29)30/h1-13H,(H,24,27)(H,25,28)/b23-13+. The van der Waals surface area contributed by atoms with E-state index in [0.717, 1.165) is 0 Å². The van der Waals surface area contributed by atoms with Crippen LogP contribution in [0.1, 0.15) is 26.3 Å². The van der Waals surface area contributed by atoms with Crippen LogP contribution in [-0.4, -0.2) is 23.0 Å². The Kier molecular flexibility index (Phi) is 6.23. The second kappa shape index (κ2) is 9.20. The maximum atomic E-state index is 12.8. The lowest BCUT2D eigenvalue weighted by Gasteiger charge is -2.06. The summed E-state index contributed by atoms with van der Waals surface area (Å²) in [6.45, 7) is 0. The molecule has 2 N–H and O–H groups in total. The monoisotopic (exact) mass is 406 g/mol. The Balaban J connectivity index is 1.59. The SMILES string of the molecule is O=C(N/N=C/c1ccc(F)cc1)c1ccc(NC(=O)c2cccc([N+](=O)[O-])c2)cc1. The normalized spacial score (nSPS) is 10.6.